The molecule has 170 valence electrons. The van der Waals surface area contributed by atoms with Crippen LogP contribution < -0.4 is 31.4 Å². The molecule has 0 saturated heterocycles. The van der Waals surface area contributed by atoms with E-state index in [2.05, 4.69) is 0 Å². The van der Waals surface area contributed by atoms with E-state index >= 15 is 0 Å². The van der Waals surface area contributed by atoms with Gasteiger partial charge in [-0.2, -0.15) is 0 Å². The van der Waals surface area contributed by atoms with Gasteiger partial charge in [0.15, 0.2) is 11.5 Å². The van der Waals surface area contributed by atoms with Crippen molar-refractivity contribution in [1.29, 1.82) is 0 Å². The summed E-state index contributed by atoms with van der Waals surface area (Å²) in [7, 11) is 3.16. The number of hydrogen-bond donors (Lipinski definition) is 4. The van der Waals surface area contributed by atoms with Crippen LogP contribution in [0, 0.1) is 0 Å². The summed E-state index contributed by atoms with van der Waals surface area (Å²) in [6.45, 7) is 0.0943. The van der Waals surface area contributed by atoms with Crippen LogP contribution in [0.3, 0.4) is 0 Å². The Balaban J connectivity index is 2.17. The van der Waals surface area contributed by atoms with Crippen molar-refractivity contribution in [3.05, 3.63) is 77.9 Å². The number of nitrogen functional groups attached to an aromatic ring is 2. The fourth-order valence-electron chi connectivity index (χ4n) is 3.78. The monoisotopic (exact) mass is 437 g/mol. The molecule has 1 unspecified atom stereocenters. The molecule has 2 atom stereocenters. The molecule has 0 heterocycles. The van der Waals surface area contributed by atoms with E-state index in [4.69, 9.17) is 31.4 Å². The largest absolute Gasteiger partial charge is 0.493 e. The first-order valence-corrected chi connectivity index (χ1v) is 10.4. The van der Waals surface area contributed by atoms with E-state index in [-0.39, 0.29) is 13.0 Å². The molecule has 0 saturated carbocycles. The number of nitrogens with two attached hydrogens (primary N) is 3. The standard InChI is InChI=1S/C25H31N3O4/c1-30-23-11-8-18(12-24(23)31-2)25(15-19(29)16-26,14-17-6-4-3-5-7-17)32-20-9-10-21(27)22(28)13-20/h3-13,19,29H,14-16,26-28H2,1-2H3/t19-,25?/m0/s1. The molecule has 0 aliphatic carbocycles. The number of aliphatic hydroxyl groups is 1. The van der Waals surface area contributed by atoms with E-state index in [1.807, 2.05) is 48.5 Å². The average molecular weight is 438 g/mol. The average Bonchev–Trinajstić information content (AvgIpc) is 2.81. The van der Waals surface area contributed by atoms with Crippen LogP contribution in [-0.2, 0) is 12.0 Å². The van der Waals surface area contributed by atoms with Crippen molar-refractivity contribution in [2.24, 2.45) is 5.73 Å². The normalized spacial score (nSPS) is 13.8. The summed E-state index contributed by atoms with van der Waals surface area (Å²) in [5.74, 6) is 1.69. The van der Waals surface area contributed by atoms with Gasteiger partial charge in [0.1, 0.15) is 11.4 Å². The molecule has 3 rings (SSSR count). The first-order valence-electron chi connectivity index (χ1n) is 10.4. The molecule has 0 fully saturated rings. The maximum atomic E-state index is 10.6. The van der Waals surface area contributed by atoms with E-state index < -0.39 is 11.7 Å². The third-order valence-corrected chi connectivity index (χ3v) is 5.45. The molecule has 0 radical (unpaired) electrons. The summed E-state index contributed by atoms with van der Waals surface area (Å²) in [5, 5.41) is 10.6. The highest BCUT2D eigenvalue weighted by Gasteiger charge is 2.38. The van der Waals surface area contributed by atoms with E-state index in [0.29, 0.717) is 35.0 Å². The third kappa shape index (κ3) is 5.25. The Morgan fingerprint density at radius 1 is 0.875 bits per heavy atom. The zero-order chi connectivity index (χ0) is 23.1. The summed E-state index contributed by atoms with van der Waals surface area (Å²) in [4.78, 5) is 0. The molecule has 32 heavy (non-hydrogen) atoms. The highest BCUT2D eigenvalue weighted by Crippen LogP contribution is 2.40. The number of ether oxygens (including phenoxy) is 3. The van der Waals surface area contributed by atoms with E-state index in [1.165, 1.54) is 0 Å². The highest BCUT2D eigenvalue weighted by atomic mass is 16.5. The molecule has 7 N–H and O–H groups in total. The van der Waals surface area contributed by atoms with Crippen LogP contribution in [0.5, 0.6) is 17.2 Å². The van der Waals surface area contributed by atoms with Gasteiger partial charge >= 0.3 is 0 Å². The number of rotatable bonds is 10. The number of aliphatic hydroxyl groups excluding tert-OH is 1. The lowest BCUT2D eigenvalue weighted by Gasteiger charge is -2.37. The van der Waals surface area contributed by atoms with Crippen LogP contribution in [0.1, 0.15) is 17.5 Å². The van der Waals surface area contributed by atoms with Crippen LogP contribution in [0.2, 0.25) is 0 Å². The Morgan fingerprint density at radius 2 is 1.59 bits per heavy atom. The Bertz CT molecular complexity index is 1030. The van der Waals surface area contributed by atoms with Crippen molar-refractivity contribution in [3.8, 4) is 17.2 Å². The second-order valence-electron chi connectivity index (χ2n) is 7.71. The minimum atomic E-state index is -0.970. The van der Waals surface area contributed by atoms with Gasteiger partial charge in [0.25, 0.3) is 0 Å². The van der Waals surface area contributed by atoms with Crippen LogP contribution in [0.4, 0.5) is 11.4 Å². The van der Waals surface area contributed by atoms with Gasteiger partial charge in [-0.25, -0.2) is 0 Å². The Hall–Kier alpha value is -3.42. The lowest BCUT2D eigenvalue weighted by molar-refractivity contribution is 0.00944. The molecule has 3 aromatic carbocycles. The Morgan fingerprint density at radius 3 is 2.22 bits per heavy atom. The molecular formula is C25H31N3O4. The van der Waals surface area contributed by atoms with Crippen molar-refractivity contribution < 1.29 is 19.3 Å². The zero-order valence-corrected chi connectivity index (χ0v) is 18.5. The summed E-state index contributed by atoms with van der Waals surface area (Å²) in [6.07, 6.45) is -0.0686. The van der Waals surface area contributed by atoms with Crippen molar-refractivity contribution >= 4 is 11.4 Å². The molecule has 0 bridgehead atoms. The van der Waals surface area contributed by atoms with Crippen molar-refractivity contribution in [2.75, 3.05) is 32.2 Å². The molecule has 7 heteroatoms. The smallest absolute Gasteiger partial charge is 0.161 e. The fraction of sp³-hybridized carbons (Fsp3) is 0.280. The molecule has 0 spiro atoms. The summed E-state index contributed by atoms with van der Waals surface area (Å²) in [6, 6.07) is 20.7. The van der Waals surface area contributed by atoms with Gasteiger partial charge in [-0.05, 0) is 35.4 Å². The first-order chi connectivity index (χ1) is 15.4. The predicted molar refractivity (Wildman–Crippen MR) is 127 cm³/mol. The first kappa shape index (κ1) is 23.2. The molecule has 0 amide bonds. The molecule has 7 nitrogen and oxygen atoms in total. The lowest BCUT2D eigenvalue weighted by atomic mass is 9.82. The quantitative estimate of drug-likeness (QED) is 0.359. The molecular weight excluding hydrogens is 406 g/mol. The fourth-order valence-corrected chi connectivity index (χ4v) is 3.78. The van der Waals surface area contributed by atoms with Gasteiger partial charge < -0.3 is 36.5 Å². The van der Waals surface area contributed by atoms with Gasteiger partial charge in [-0.15, -0.1) is 0 Å². The van der Waals surface area contributed by atoms with Crippen LogP contribution in [0.15, 0.2) is 66.7 Å². The second kappa shape index (κ2) is 10.3. The minimum absolute atomic E-state index is 0.0943. The van der Waals surface area contributed by atoms with Gasteiger partial charge in [0.2, 0.25) is 0 Å². The lowest BCUT2D eigenvalue weighted by Crippen LogP contribution is -2.41. The van der Waals surface area contributed by atoms with Gasteiger partial charge in [-0.1, -0.05) is 36.4 Å². The number of anilines is 2. The molecule has 0 aromatic heterocycles. The van der Waals surface area contributed by atoms with Crippen LogP contribution in [0.25, 0.3) is 0 Å². The van der Waals surface area contributed by atoms with E-state index in [0.717, 1.165) is 11.1 Å². The minimum Gasteiger partial charge on any atom is -0.493 e. The van der Waals surface area contributed by atoms with Crippen molar-refractivity contribution in [1.82, 2.24) is 0 Å². The summed E-state index contributed by atoms with van der Waals surface area (Å²) >= 11 is 0. The van der Waals surface area contributed by atoms with Crippen LogP contribution in [-0.4, -0.2) is 32.0 Å². The Labute approximate surface area is 188 Å². The maximum absolute atomic E-state index is 10.6. The highest BCUT2D eigenvalue weighted by molar-refractivity contribution is 5.65. The summed E-state index contributed by atoms with van der Waals surface area (Å²) < 4.78 is 17.6. The summed E-state index contributed by atoms with van der Waals surface area (Å²) in [5.41, 5.74) is 19.5. The number of hydrogen-bond acceptors (Lipinski definition) is 7. The zero-order valence-electron chi connectivity index (χ0n) is 18.5. The van der Waals surface area contributed by atoms with E-state index in [9.17, 15) is 5.11 Å². The molecule has 0 aliphatic rings. The van der Waals surface area contributed by atoms with Crippen molar-refractivity contribution in [2.45, 2.75) is 24.5 Å². The Kier molecular flexibility index (Phi) is 7.45. The maximum Gasteiger partial charge on any atom is 0.161 e. The van der Waals surface area contributed by atoms with Gasteiger partial charge in [0, 0.05) is 25.5 Å². The van der Waals surface area contributed by atoms with Crippen molar-refractivity contribution in [3.63, 3.8) is 0 Å². The number of methoxy groups -OCH3 is 2. The van der Waals surface area contributed by atoms with E-state index in [1.54, 1.807) is 32.4 Å². The van der Waals surface area contributed by atoms with Crippen LogP contribution >= 0.6 is 0 Å². The third-order valence-electron chi connectivity index (χ3n) is 5.45. The predicted octanol–water partition coefficient (Wildman–Crippen LogP) is 3.09. The molecule has 3 aromatic rings. The molecule has 0 aliphatic heterocycles. The van der Waals surface area contributed by atoms with Gasteiger partial charge in [0.05, 0.1) is 31.7 Å². The topological polar surface area (TPSA) is 126 Å². The number of benzene rings is 3. The SMILES string of the molecule is COc1ccc(C(Cc2ccccc2)(C[C@H](O)CN)Oc2ccc(N)c(N)c2)cc1OC. The van der Waals surface area contributed by atoms with Gasteiger partial charge in [-0.3, -0.25) is 0 Å². The second-order valence-corrected chi connectivity index (χ2v) is 7.71.